The first-order chi connectivity index (χ1) is 11.2. The lowest BCUT2D eigenvalue weighted by Crippen LogP contribution is -2.13. The van der Waals surface area contributed by atoms with E-state index in [9.17, 15) is 4.79 Å². The first-order valence-corrected chi connectivity index (χ1v) is 7.35. The fraction of sp³-hybridized carbons (Fsp3) is 0.235. The Hall–Kier alpha value is -2.89. The molecule has 0 radical (unpaired) electrons. The second-order valence-electron chi connectivity index (χ2n) is 5.28. The highest BCUT2D eigenvalue weighted by molar-refractivity contribution is 6.02. The van der Waals surface area contributed by atoms with E-state index >= 15 is 0 Å². The number of hydrogen-bond acceptors (Lipinski definition) is 4. The molecule has 0 bridgehead atoms. The normalized spacial score (nSPS) is 16.2. The molecule has 6 heteroatoms. The molecule has 2 aromatic rings. The molecule has 1 aliphatic carbocycles. The van der Waals surface area contributed by atoms with E-state index in [2.05, 4.69) is 10.1 Å². The highest BCUT2D eigenvalue weighted by Gasteiger charge is 2.18. The molecule has 0 saturated heterocycles. The van der Waals surface area contributed by atoms with Crippen molar-refractivity contribution in [2.45, 2.75) is 19.3 Å². The summed E-state index contributed by atoms with van der Waals surface area (Å²) in [6.45, 7) is 0. The lowest BCUT2D eigenvalue weighted by molar-refractivity contribution is -0.131. The fourth-order valence-corrected chi connectivity index (χ4v) is 2.85. The number of imidazole rings is 1. The molecule has 1 aliphatic rings. The lowest BCUT2D eigenvalue weighted by Gasteiger charge is -2.19. The standard InChI is InChI=1S/C17H17N3O3/c1-23-19-15-4-2-3-12-9-13(5-6-14(12)15)16(10-17(21)22)20-8-7-18-11-20/h5-11H,2-4H2,1H3,(H,21,22)/b16-10+,19-15?. The van der Waals surface area contributed by atoms with Crippen molar-refractivity contribution in [2.75, 3.05) is 7.11 Å². The van der Waals surface area contributed by atoms with Crippen LogP contribution in [0.5, 0.6) is 0 Å². The Balaban J connectivity index is 2.06. The molecule has 0 atom stereocenters. The molecule has 0 saturated carbocycles. The van der Waals surface area contributed by atoms with Gasteiger partial charge in [0.25, 0.3) is 0 Å². The molecule has 0 amide bonds. The van der Waals surface area contributed by atoms with Gasteiger partial charge in [0.15, 0.2) is 0 Å². The number of hydrogen-bond donors (Lipinski definition) is 1. The number of aliphatic carboxylic acids is 1. The van der Waals surface area contributed by atoms with Gasteiger partial charge in [0.05, 0.1) is 17.7 Å². The second kappa shape index (κ2) is 6.48. The molecule has 6 nitrogen and oxygen atoms in total. The largest absolute Gasteiger partial charge is 0.478 e. The molecule has 23 heavy (non-hydrogen) atoms. The second-order valence-corrected chi connectivity index (χ2v) is 5.28. The summed E-state index contributed by atoms with van der Waals surface area (Å²) in [5.41, 5.74) is 4.58. The first-order valence-electron chi connectivity index (χ1n) is 7.35. The average Bonchev–Trinajstić information content (AvgIpc) is 3.07. The number of rotatable bonds is 4. The van der Waals surface area contributed by atoms with Gasteiger partial charge in [-0.3, -0.25) is 0 Å². The van der Waals surface area contributed by atoms with E-state index in [-0.39, 0.29) is 0 Å². The van der Waals surface area contributed by atoms with Crippen LogP contribution in [0, 0.1) is 0 Å². The van der Waals surface area contributed by atoms with Gasteiger partial charge in [-0.05, 0) is 36.5 Å². The van der Waals surface area contributed by atoms with Gasteiger partial charge in [0, 0.05) is 24.0 Å². The molecule has 0 unspecified atom stereocenters. The van der Waals surface area contributed by atoms with Gasteiger partial charge in [-0.2, -0.15) is 0 Å². The van der Waals surface area contributed by atoms with Gasteiger partial charge in [-0.1, -0.05) is 17.3 Å². The van der Waals surface area contributed by atoms with Gasteiger partial charge in [-0.15, -0.1) is 0 Å². The Labute approximate surface area is 133 Å². The number of nitrogens with zero attached hydrogens (tertiary/aromatic N) is 3. The Bertz CT molecular complexity index is 776. The van der Waals surface area contributed by atoms with Crippen LogP contribution in [0.3, 0.4) is 0 Å². The SMILES string of the molecule is CON=C1CCCc2cc(/C(=C\C(=O)O)n3ccnc3)ccc21. The number of carbonyl (C=O) groups is 1. The van der Waals surface area contributed by atoms with E-state index in [1.165, 1.54) is 6.08 Å². The summed E-state index contributed by atoms with van der Waals surface area (Å²) in [5, 5.41) is 13.2. The summed E-state index contributed by atoms with van der Waals surface area (Å²) in [5.74, 6) is -0.993. The molecule has 1 N–H and O–H groups in total. The molecular formula is C17H17N3O3. The Kier molecular flexibility index (Phi) is 4.23. The average molecular weight is 311 g/mol. The van der Waals surface area contributed by atoms with E-state index in [4.69, 9.17) is 9.94 Å². The van der Waals surface area contributed by atoms with Crippen LogP contribution in [0.15, 0.2) is 48.2 Å². The van der Waals surface area contributed by atoms with E-state index in [0.29, 0.717) is 5.70 Å². The van der Waals surface area contributed by atoms with Crippen LogP contribution >= 0.6 is 0 Å². The summed E-state index contributed by atoms with van der Waals surface area (Å²) in [6, 6.07) is 5.91. The Morgan fingerprint density at radius 3 is 3.00 bits per heavy atom. The van der Waals surface area contributed by atoms with Crippen molar-refractivity contribution in [3.63, 3.8) is 0 Å². The molecule has 118 valence electrons. The van der Waals surface area contributed by atoms with Crippen LogP contribution in [0.25, 0.3) is 5.70 Å². The number of carboxylic acid groups (broad SMARTS) is 1. The van der Waals surface area contributed by atoms with Crippen LogP contribution in [0.1, 0.15) is 29.5 Å². The van der Waals surface area contributed by atoms with Crippen LogP contribution in [0.2, 0.25) is 0 Å². The van der Waals surface area contributed by atoms with Gasteiger partial charge in [-0.25, -0.2) is 9.78 Å². The van der Waals surface area contributed by atoms with Crippen molar-refractivity contribution in [3.8, 4) is 0 Å². The third-order valence-corrected chi connectivity index (χ3v) is 3.82. The Morgan fingerprint density at radius 1 is 1.43 bits per heavy atom. The third-order valence-electron chi connectivity index (χ3n) is 3.82. The zero-order chi connectivity index (χ0) is 16.2. The quantitative estimate of drug-likeness (QED) is 0.695. The molecule has 0 spiro atoms. The van der Waals surface area contributed by atoms with Crippen molar-refractivity contribution >= 4 is 17.4 Å². The molecule has 1 heterocycles. The summed E-state index contributed by atoms with van der Waals surface area (Å²) >= 11 is 0. The van der Waals surface area contributed by atoms with Crippen molar-refractivity contribution in [1.82, 2.24) is 9.55 Å². The zero-order valence-corrected chi connectivity index (χ0v) is 12.8. The van der Waals surface area contributed by atoms with Gasteiger partial charge < -0.3 is 14.5 Å². The molecule has 1 aromatic heterocycles. The minimum atomic E-state index is -0.993. The predicted molar refractivity (Wildman–Crippen MR) is 86.2 cm³/mol. The maximum atomic E-state index is 11.2. The monoisotopic (exact) mass is 311 g/mol. The number of aryl methyl sites for hydroxylation is 1. The molecule has 0 fully saturated rings. The summed E-state index contributed by atoms with van der Waals surface area (Å²) in [4.78, 5) is 20.1. The smallest absolute Gasteiger partial charge is 0.330 e. The fourth-order valence-electron chi connectivity index (χ4n) is 2.85. The van der Waals surface area contributed by atoms with E-state index in [1.807, 2.05) is 18.2 Å². The minimum absolute atomic E-state index is 0.577. The maximum Gasteiger partial charge on any atom is 0.330 e. The maximum absolute atomic E-state index is 11.2. The summed E-state index contributed by atoms with van der Waals surface area (Å²) in [7, 11) is 1.54. The number of carboxylic acids is 1. The van der Waals surface area contributed by atoms with Crippen LogP contribution in [-0.4, -0.2) is 33.4 Å². The number of benzene rings is 1. The topological polar surface area (TPSA) is 76.7 Å². The molecule has 0 aliphatic heterocycles. The molecule has 1 aromatic carbocycles. The van der Waals surface area contributed by atoms with Gasteiger partial charge >= 0.3 is 5.97 Å². The minimum Gasteiger partial charge on any atom is -0.478 e. The summed E-state index contributed by atoms with van der Waals surface area (Å²) in [6.07, 6.45) is 8.96. The van der Waals surface area contributed by atoms with Gasteiger partial charge in [0.1, 0.15) is 7.11 Å². The predicted octanol–water partition coefficient (Wildman–Crippen LogP) is 2.54. The van der Waals surface area contributed by atoms with Crippen molar-refractivity contribution < 1.29 is 14.7 Å². The highest BCUT2D eigenvalue weighted by Crippen LogP contribution is 2.26. The van der Waals surface area contributed by atoms with Crippen molar-refractivity contribution in [2.24, 2.45) is 5.16 Å². The van der Waals surface area contributed by atoms with Crippen LogP contribution in [-0.2, 0) is 16.1 Å². The van der Waals surface area contributed by atoms with E-state index in [1.54, 1.807) is 30.4 Å². The van der Waals surface area contributed by atoms with E-state index < -0.39 is 5.97 Å². The van der Waals surface area contributed by atoms with Crippen LogP contribution < -0.4 is 0 Å². The number of aromatic nitrogens is 2. The molecular weight excluding hydrogens is 294 g/mol. The zero-order valence-electron chi connectivity index (χ0n) is 12.8. The molecule has 3 rings (SSSR count). The summed E-state index contributed by atoms with van der Waals surface area (Å²) < 4.78 is 1.70. The third kappa shape index (κ3) is 3.15. The van der Waals surface area contributed by atoms with Crippen molar-refractivity contribution in [1.29, 1.82) is 0 Å². The van der Waals surface area contributed by atoms with Crippen LogP contribution in [0.4, 0.5) is 0 Å². The highest BCUT2D eigenvalue weighted by atomic mass is 16.6. The van der Waals surface area contributed by atoms with Crippen molar-refractivity contribution in [3.05, 3.63) is 59.7 Å². The Morgan fingerprint density at radius 2 is 2.30 bits per heavy atom. The lowest BCUT2D eigenvalue weighted by atomic mass is 9.88. The van der Waals surface area contributed by atoms with E-state index in [0.717, 1.165) is 41.7 Å². The number of oxime groups is 1. The van der Waals surface area contributed by atoms with Gasteiger partial charge in [0.2, 0.25) is 0 Å². The number of fused-ring (bicyclic) bond motifs is 1. The first kappa shape index (κ1) is 15.0.